The van der Waals surface area contributed by atoms with Crippen LogP contribution in [0.2, 0.25) is 0 Å². The van der Waals surface area contributed by atoms with Gasteiger partial charge in [-0.1, -0.05) is 6.92 Å². The second-order valence-electron chi connectivity index (χ2n) is 8.69. The Morgan fingerprint density at radius 1 is 1.13 bits per heavy atom. The van der Waals surface area contributed by atoms with E-state index in [0.29, 0.717) is 37.7 Å². The number of piperidine rings is 1. The summed E-state index contributed by atoms with van der Waals surface area (Å²) in [4.78, 5) is 24.8. The molecule has 1 aromatic carbocycles. The number of ketones is 1. The van der Waals surface area contributed by atoms with Crippen LogP contribution in [0.25, 0.3) is 11.0 Å². The number of carbonyl (C=O) groups excluding carboxylic acids is 1. The van der Waals surface area contributed by atoms with Crippen LogP contribution >= 0.6 is 0 Å². The van der Waals surface area contributed by atoms with Crippen molar-refractivity contribution < 1.29 is 18.0 Å². The third kappa shape index (κ3) is 4.41. The lowest BCUT2D eigenvalue weighted by molar-refractivity contribution is -0.136. The Bertz CT molecular complexity index is 928. The number of alkyl halides is 3. The summed E-state index contributed by atoms with van der Waals surface area (Å²) in [5, 5.41) is 0. The molecule has 2 aromatic rings. The number of hydrogen-bond donors (Lipinski definition) is 1. The van der Waals surface area contributed by atoms with E-state index in [0.717, 1.165) is 25.6 Å². The average Bonchev–Trinajstić information content (AvgIpc) is 2.64. The van der Waals surface area contributed by atoms with Crippen LogP contribution in [-0.2, 0) is 11.0 Å². The quantitative estimate of drug-likeness (QED) is 0.800. The van der Waals surface area contributed by atoms with Crippen molar-refractivity contribution in [1.29, 1.82) is 0 Å². The van der Waals surface area contributed by atoms with Gasteiger partial charge in [0.15, 0.2) is 0 Å². The Morgan fingerprint density at radius 3 is 2.50 bits per heavy atom. The Balaban J connectivity index is 1.53. The van der Waals surface area contributed by atoms with Crippen LogP contribution in [0.15, 0.2) is 24.5 Å². The summed E-state index contributed by atoms with van der Waals surface area (Å²) in [5.74, 6) is 0.672. The zero-order valence-electron chi connectivity index (χ0n) is 16.9. The summed E-state index contributed by atoms with van der Waals surface area (Å²) in [6.07, 6.45) is -0.402. The van der Waals surface area contributed by atoms with Gasteiger partial charge in [0.1, 0.15) is 16.8 Å². The standard InChI is InChI=1S/C21H26F3N5O/c1-13-6-14(7-16(30)12-28-10-15(25)11-28)9-29(8-13)18-3-2-17(21(22,23)24)19-20(18)27-5-4-26-19/h2-5,13-15H,6-12,25H2,1H3/t13-,14-/m0/s1. The van der Waals surface area contributed by atoms with E-state index in [9.17, 15) is 18.0 Å². The molecular weight excluding hydrogens is 395 g/mol. The molecule has 2 aliphatic rings. The van der Waals surface area contributed by atoms with Gasteiger partial charge in [-0.2, -0.15) is 13.2 Å². The van der Waals surface area contributed by atoms with Gasteiger partial charge in [-0.3, -0.25) is 19.7 Å². The molecule has 0 aliphatic carbocycles. The van der Waals surface area contributed by atoms with Gasteiger partial charge in [0, 0.05) is 51.0 Å². The number of benzene rings is 1. The number of halogens is 3. The zero-order chi connectivity index (χ0) is 21.5. The molecule has 2 atom stereocenters. The summed E-state index contributed by atoms with van der Waals surface area (Å²) in [6.45, 7) is 5.38. The summed E-state index contributed by atoms with van der Waals surface area (Å²) in [5.41, 5.74) is 5.75. The predicted molar refractivity (Wildman–Crippen MR) is 108 cm³/mol. The molecule has 30 heavy (non-hydrogen) atoms. The molecule has 6 nitrogen and oxygen atoms in total. The van der Waals surface area contributed by atoms with Gasteiger partial charge < -0.3 is 10.6 Å². The lowest BCUT2D eigenvalue weighted by Crippen LogP contribution is -2.57. The van der Waals surface area contributed by atoms with Gasteiger partial charge >= 0.3 is 6.18 Å². The fourth-order valence-corrected chi connectivity index (χ4v) is 4.73. The van der Waals surface area contributed by atoms with Crippen molar-refractivity contribution in [2.24, 2.45) is 17.6 Å². The van der Waals surface area contributed by atoms with Gasteiger partial charge in [-0.05, 0) is 30.4 Å². The van der Waals surface area contributed by atoms with Crippen LogP contribution in [0.3, 0.4) is 0 Å². The molecule has 0 bridgehead atoms. The third-order valence-corrected chi connectivity index (χ3v) is 5.90. The summed E-state index contributed by atoms with van der Waals surface area (Å²) < 4.78 is 40.2. The first-order valence-electron chi connectivity index (χ1n) is 10.3. The monoisotopic (exact) mass is 421 g/mol. The van der Waals surface area contributed by atoms with Crippen molar-refractivity contribution in [3.05, 3.63) is 30.1 Å². The predicted octanol–water partition coefficient (Wildman–Crippen LogP) is 2.71. The van der Waals surface area contributed by atoms with Crippen LogP contribution in [0.5, 0.6) is 0 Å². The first kappa shape index (κ1) is 21.0. The van der Waals surface area contributed by atoms with Crippen molar-refractivity contribution in [2.75, 3.05) is 37.6 Å². The zero-order valence-corrected chi connectivity index (χ0v) is 16.9. The molecule has 0 amide bonds. The number of nitrogens with two attached hydrogens (primary N) is 1. The molecule has 9 heteroatoms. The van der Waals surface area contributed by atoms with Crippen molar-refractivity contribution in [2.45, 2.75) is 32.0 Å². The second-order valence-corrected chi connectivity index (χ2v) is 8.69. The number of carbonyl (C=O) groups is 1. The molecular formula is C21H26F3N5O. The van der Waals surface area contributed by atoms with E-state index in [1.165, 1.54) is 18.5 Å². The Labute approximate surface area is 173 Å². The van der Waals surface area contributed by atoms with Gasteiger partial charge in [-0.15, -0.1) is 0 Å². The summed E-state index contributed by atoms with van der Waals surface area (Å²) in [6, 6.07) is 2.73. The van der Waals surface area contributed by atoms with Crippen LogP contribution in [0, 0.1) is 11.8 Å². The van der Waals surface area contributed by atoms with Crippen LogP contribution in [0.4, 0.5) is 18.9 Å². The normalized spacial score (nSPS) is 23.6. The fourth-order valence-electron chi connectivity index (χ4n) is 4.73. The molecule has 3 heterocycles. The smallest absolute Gasteiger partial charge is 0.369 e. The Morgan fingerprint density at radius 2 is 1.83 bits per heavy atom. The molecule has 162 valence electrons. The fraction of sp³-hybridized carbons (Fsp3) is 0.571. The van der Waals surface area contributed by atoms with Gasteiger partial charge in [-0.25, -0.2) is 0 Å². The Kier molecular flexibility index (Phi) is 5.67. The summed E-state index contributed by atoms with van der Waals surface area (Å²) in [7, 11) is 0. The van der Waals surface area contributed by atoms with E-state index < -0.39 is 11.7 Å². The topological polar surface area (TPSA) is 75.3 Å². The van der Waals surface area contributed by atoms with E-state index in [1.807, 2.05) is 0 Å². The maximum Gasteiger partial charge on any atom is 0.418 e. The number of nitrogens with zero attached hydrogens (tertiary/aromatic N) is 4. The lowest BCUT2D eigenvalue weighted by Gasteiger charge is -2.39. The van der Waals surface area contributed by atoms with Gasteiger partial charge in [0.2, 0.25) is 0 Å². The molecule has 1 aromatic heterocycles. The molecule has 4 rings (SSSR count). The molecule has 2 N–H and O–H groups in total. The maximum absolute atomic E-state index is 13.4. The van der Waals surface area contributed by atoms with Gasteiger partial charge in [0.25, 0.3) is 0 Å². The number of Topliss-reactive ketones (excluding diaryl/α,β-unsaturated/α-hetero) is 1. The molecule has 2 aliphatic heterocycles. The largest absolute Gasteiger partial charge is 0.418 e. The number of hydrogen-bond acceptors (Lipinski definition) is 6. The van der Waals surface area contributed by atoms with E-state index in [2.05, 4.69) is 26.7 Å². The highest BCUT2D eigenvalue weighted by Crippen LogP contribution is 2.38. The minimum Gasteiger partial charge on any atom is -0.369 e. The van der Waals surface area contributed by atoms with Crippen LogP contribution in [0.1, 0.15) is 25.3 Å². The Hall–Kier alpha value is -2.26. The van der Waals surface area contributed by atoms with E-state index >= 15 is 0 Å². The van der Waals surface area contributed by atoms with Crippen molar-refractivity contribution in [3.63, 3.8) is 0 Å². The molecule has 0 unspecified atom stereocenters. The van der Waals surface area contributed by atoms with Crippen LogP contribution < -0.4 is 10.6 Å². The maximum atomic E-state index is 13.4. The highest BCUT2D eigenvalue weighted by atomic mass is 19.4. The minimum absolute atomic E-state index is 0.137. The van der Waals surface area contributed by atoms with E-state index in [4.69, 9.17) is 5.73 Å². The number of fused-ring (bicyclic) bond motifs is 1. The minimum atomic E-state index is -4.49. The molecule has 2 fully saturated rings. The second kappa shape index (κ2) is 8.11. The van der Waals surface area contributed by atoms with Crippen molar-refractivity contribution in [1.82, 2.24) is 14.9 Å². The molecule has 0 spiro atoms. The summed E-state index contributed by atoms with van der Waals surface area (Å²) >= 11 is 0. The van der Waals surface area contributed by atoms with Crippen molar-refractivity contribution >= 4 is 22.5 Å². The third-order valence-electron chi connectivity index (χ3n) is 5.90. The number of anilines is 1. The highest BCUT2D eigenvalue weighted by Gasteiger charge is 2.35. The first-order chi connectivity index (χ1) is 14.2. The van der Waals surface area contributed by atoms with Crippen LogP contribution in [-0.4, -0.2) is 59.4 Å². The lowest BCUT2D eigenvalue weighted by atomic mass is 9.86. The number of aromatic nitrogens is 2. The first-order valence-corrected chi connectivity index (χ1v) is 10.3. The highest BCUT2D eigenvalue weighted by molar-refractivity contribution is 5.91. The molecule has 0 radical (unpaired) electrons. The number of rotatable bonds is 5. The van der Waals surface area contributed by atoms with E-state index in [-0.39, 0.29) is 28.8 Å². The molecule has 0 saturated carbocycles. The van der Waals surface area contributed by atoms with E-state index in [1.54, 1.807) is 0 Å². The SMILES string of the molecule is C[C@H]1C[C@@H](CC(=O)CN2CC(N)C2)CN(c2ccc(C(F)(F)F)c3nccnc23)C1. The molecule has 2 saturated heterocycles. The average molecular weight is 421 g/mol. The van der Waals surface area contributed by atoms with Gasteiger partial charge in [0.05, 0.1) is 17.8 Å². The number of likely N-dealkylation sites (tertiary alicyclic amines) is 1. The van der Waals surface area contributed by atoms with Crippen molar-refractivity contribution in [3.8, 4) is 0 Å².